The van der Waals surface area contributed by atoms with Crippen molar-refractivity contribution in [3.8, 4) is 12.1 Å². The van der Waals surface area contributed by atoms with Gasteiger partial charge < -0.3 is 29.2 Å². The normalized spacial score (nSPS) is 20.5. The van der Waals surface area contributed by atoms with E-state index in [1.807, 2.05) is 14.1 Å². The molecule has 4 heterocycles. The molecular formula is C36H45FN8O2. The number of amides is 1. The predicted molar refractivity (Wildman–Crippen MR) is 182 cm³/mol. The zero-order chi connectivity index (χ0) is 33.1. The van der Waals surface area contributed by atoms with Crippen molar-refractivity contribution in [3.05, 3.63) is 65.1 Å². The second-order valence-corrected chi connectivity index (χ2v) is 13.2. The Morgan fingerprint density at radius 2 is 1.91 bits per heavy atom. The van der Waals surface area contributed by atoms with Crippen LogP contribution in [0.4, 0.5) is 15.9 Å². The summed E-state index contributed by atoms with van der Waals surface area (Å²) in [5.74, 6) is -0.662. The van der Waals surface area contributed by atoms with Gasteiger partial charge in [0.1, 0.15) is 12.4 Å². The summed E-state index contributed by atoms with van der Waals surface area (Å²) < 4.78 is 21.2. The van der Waals surface area contributed by atoms with E-state index in [-0.39, 0.29) is 13.0 Å². The van der Waals surface area contributed by atoms with Crippen LogP contribution in [0.3, 0.4) is 0 Å². The lowest BCUT2D eigenvalue weighted by Gasteiger charge is -2.42. The van der Waals surface area contributed by atoms with E-state index >= 15 is 0 Å². The lowest BCUT2D eigenvalue weighted by Crippen LogP contribution is -2.56. The van der Waals surface area contributed by atoms with E-state index in [1.165, 1.54) is 33.0 Å². The van der Waals surface area contributed by atoms with Crippen molar-refractivity contribution in [2.75, 3.05) is 76.8 Å². The number of carbonyl (C=O) groups is 1. The molecule has 10 nitrogen and oxygen atoms in total. The number of aryl methyl sites for hydroxylation is 1. The van der Waals surface area contributed by atoms with E-state index in [4.69, 9.17) is 14.7 Å². The number of halogens is 1. The summed E-state index contributed by atoms with van der Waals surface area (Å²) in [5.41, 5.74) is 4.42. The number of carbonyl (C=O) groups excluding carboxylic acids is 1. The summed E-state index contributed by atoms with van der Waals surface area (Å²) in [5, 5.41) is 12.1. The second-order valence-electron chi connectivity index (χ2n) is 13.2. The molecule has 11 heteroatoms. The summed E-state index contributed by atoms with van der Waals surface area (Å²) in [4.78, 5) is 33.3. The third-order valence-electron chi connectivity index (χ3n) is 9.74. The molecule has 0 bridgehead atoms. The van der Waals surface area contributed by atoms with Gasteiger partial charge in [-0.1, -0.05) is 30.3 Å². The Hall–Kier alpha value is -4.27. The van der Waals surface area contributed by atoms with Gasteiger partial charge in [0.2, 0.25) is 0 Å². The Morgan fingerprint density at radius 3 is 2.66 bits per heavy atom. The fourth-order valence-corrected chi connectivity index (χ4v) is 7.13. The Morgan fingerprint density at radius 1 is 1.11 bits per heavy atom. The van der Waals surface area contributed by atoms with Crippen molar-refractivity contribution < 1.29 is 13.9 Å². The van der Waals surface area contributed by atoms with Crippen molar-refractivity contribution in [1.82, 2.24) is 24.7 Å². The Kier molecular flexibility index (Phi) is 9.89. The molecule has 0 spiro atoms. The van der Waals surface area contributed by atoms with Crippen molar-refractivity contribution in [2.24, 2.45) is 0 Å². The number of benzene rings is 2. The van der Waals surface area contributed by atoms with Crippen LogP contribution in [-0.2, 0) is 17.8 Å². The molecule has 0 saturated carbocycles. The number of likely N-dealkylation sites (N-methyl/N-ethyl adjacent to an activating group) is 2. The van der Waals surface area contributed by atoms with Crippen LogP contribution >= 0.6 is 0 Å². The maximum absolute atomic E-state index is 14.9. The molecule has 6 rings (SSSR count). The number of hydrogen-bond donors (Lipinski definition) is 0. The predicted octanol–water partition coefficient (Wildman–Crippen LogP) is 4.32. The van der Waals surface area contributed by atoms with Gasteiger partial charge in [0.25, 0.3) is 5.91 Å². The summed E-state index contributed by atoms with van der Waals surface area (Å²) >= 11 is 0. The lowest BCUT2D eigenvalue weighted by molar-refractivity contribution is -0.131. The Labute approximate surface area is 277 Å². The van der Waals surface area contributed by atoms with Crippen molar-refractivity contribution in [1.29, 1.82) is 5.26 Å². The van der Waals surface area contributed by atoms with Crippen LogP contribution in [0.25, 0.3) is 10.8 Å². The van der Waals surface area contributed by atoms with E-state index in [0.717, 1.165) is 49.4 Å². The fourth-order valence-electron chi connectivity index (χ4n) is 7.13. The van der Waals surface area contributed by atoms with Crippen LogP contribution < -0.4 is 14.5 Å². The Bertz CT molecular complexity index is 1680. The second kappa shape index (κ2) is 14.2. The van der Waals surface area contributed by atoms with Crippen LogP contribution in [0.15, 0.2) is 48.3 Å². The van der Waals surface area contributed by atoms with Crippen LogP contribution in [0.1, 0.15) is 36.1 Å². The van der Waals surface area contributed by atoms with E-state index in [0.29, 0.717) is 44.8 Å². The minimum absolute atomic E-state index is 0.0993. The minimum Gasteiger partial charge on any atom is -0.462 e. The summed E-state index contributed by atoms with van der Waals surface area (Å²) in [6.07, 6.45) is 4.36. The SMILES string of the molecule is Cc1cccc2cccc(N3CCc4c(nc(OC[C@@H]5CCCN5C)nc4N4CCN(C(=O)/C(F)=C\CN(C)C)[C@@H](CC#N)C4)C3)c12. The zero-order valence-corrected chi connectivity index (χ0v) is 28.0. The van der Waals surface area contributed by atoms with Gasteiger partial charge in [0.15, 0.2) is 5.83 Å². The van der Waals surface area contributed by atoms with Gasteiger partial charge in [0.05, 0.1) is 30.8 Å². The number of ether oxygens (including phenoxy) is 1. The van der Waals surface area contributed by atoms with Gasteiger partial charge in [-0.3, -0.25) is 4.79 Å². The van der Waals surface area contributed by atoms with Gasteiger partial charge in [-0.25, -0.2) is 4.39 Å². The maximum atomic E-state index is 14.9. The average Bonchev–Trinajstić information content (AvgIpc) is 3.49. The van der Waals surface area contributed by atoms with E-state index < -0.39 is 17.8 Å². The number of hydrogen-bond acceptors (Lipinski definition) is 9. The van der Waals surface area contributed by atoms with Gasteiger partial charge in [0, 0.05) is 55.4 Å². The summed E-state index contributed by atoms with van der Waals surface area (Å²) in [6, 6.07) is 15.3. The molecule has 248 valence electrons. The first-order chi connectivity index (χ1) is 22.7. The highest BCUT2D eigenvalue weighted by Crippen LogP contribution is 2.36. The van der Waals surface area contributed by atoms with Gasteiger partial charge in [-0.2, -0.15) is 15.2 Å². The van der Waals surface area contributed by atoms with Crippen molar-refractivity contribution in [3.63, 3.8) is 0 Å². The highest BCUT2D eigenvalue weighted by molar-refractivity contribution is 5.97. The number of piperazine rings is 1. The lowest BCUT2D eigenvalue weighted by atomic mass is 9.99. The highest BCUT2D eigenvalue weighted by Gasteiger charge is 2.35. The molecule has 0 unspecified atom stereocenters. The van der Waals surface area contributed by atoms with Gasteiger partial charge in [-0.05, 0) is 77.0 Å². The van der Waals surface area contributed by atoms with Crippen LogP contribution in [0, 0.1) is 18.3 Å². The molecule has 0 radical (unpaired) electrons. The van der Waals surface area contributed by atoms with E-state index in [1.54, 1.807) is 4.90 Å². The first-order valence-electron chi connectivity index (χ1n) is 16.6. The number of fused-ring (bicyclic) bond motifs is 2. The molecule has 2 aromatic carbocycles. The molecule has 1 aromatic heterocycles. The number of anilines is 2. The third-order valence-corrected chi connectivity index (χ3v) is 9.74. The van der Waals surface area contributed by atoms with Crippen molar-refractivity contribution >= 4 is 28.2 Å². The average molecular weight is 641 g/mol. The maximum Gasteiger partial charge on any atom is 0.318 e. The van der Waals surface area contributed by atoms with Crippen LogP contribution in [-0.4, -0.2) is 110 Å². The standard InChI is InChI=1S/C36H45FN8O2/c1-25-8-5-9-26-10-6-12-32(33(25)26)43-19-14-29-31(23-43)39-36(47-24-28-11-7-17-42(28)4)40-34(29)44-20-21-45(27(22-44)13-16-38)35(46)30(37)15-18-41(2)3/h5-6,8-10,12,15,27-28H,7,11,13-14,17-24H2,1-4H3/b30-15+/t27-,28-/m0/s1. The molecule has 1 amide bonds. The molecular weight excluding hydrogens is 595 g/mol. The molecule has 2 atom stereocenters. The van der Waals surface area contributed by atoms with E-state index in [2.05, 4.69) is 71.1 Å². The van der Waals surface area contributed by atoms with Crippen LogP contribution in [0.5, 0.6) is 6.01 Å². The molecule has 2 fully saturated rings. The number of nitriles is 1. The molecule has 3 aliphatic heterocycles. The molecule has 3 aliphatic rings. The molecule has 2 saturated heterocycles. The first kappa shape index (κ1) is 32.7. The quantitative estimate of drug-likeness (QED) is 0.317. The van der Waals surface area contributed by atoms with Crippen LogP contribution in [0.2, 0.25) is 0 Å². The fraction of sp³-hybridized carbons (Fsp3) is 0.500. The Balaban J connectivity index is 1.31. The number of likely N-dealkylation sites (tertiary alicyclic amines) is 1. The largest absolute Gasteiger partial charge is 0.462 e. The first-order valence-corrected chi connectivity index (χ1v) is 16.6. The van der Waals surface area contributed by atoms with Gasteiger partial charge in [-0.15, -0.1) is 0 Å². The summed E-state index contributed by atoms with van der Waals surface area (Å²) in [7, 11) is 5.76. The smallest absolute Gasteiger partial charge is 0.318 e. The topological polar surface area (TPSA) is 92.1 Å². The highest BCUT2D eigenvalue weighted by atomic mass is 19.1. The minimum atomic E-state index is -0.786. The molecule has 47 heavy (non-hydrogen) atoms. The molecule has 0 N–H and O–H groups in total. The van der Waals surface area contributed by atoms with E-state index in [9.17, 15) is 14.4 Å². The number of aromatic nitrogens is 2. The zero-order valence-electron chi connectivity index (χ0n) is 28.0. The molecule has 0 aliphatic carbocycles. The van der Waals surface area contributed by atoms with Gasteiger partial charge >= 0.3 is 6.01 Å². The third kappa shape index (κ3) is 7.04. The number of nitrogens with zero attached hydrogens (tertiary/aromatic N) is 8. The summed E-state index contributed by atoms with van der Waals surface area (Å²) in [6.45, 7) is 6.58. The van der Waals surface area contributed by atoms with Crippen molar-refractivity contribution in [2.45, 2.75) is 51.2 Å². The molecule has 3 aromatic rings. The number of rotatable bonds is 9. The monoisotopic (exact) mass is 640 g/mol.